The zero-order valence-corrected chi connectivity index (χ0v) is 9.49. The molecule has 2 rings (SSSR count). The summed E-state index contributed by atoms with van der Waals surface area (Å²) in [6.07, 6.45) is -2.50. The largest absolute Gasteiger partial charge is 0.452 e. The van der Waals surface area contributed by atoms with Gasteiger partial charge in [0.15, 0.2) is 5.01 Å². The smallest absolute Gasteiger partial charge is 0.443 e. The van der Waals surface area contributed by atoms with Crippen molar-refractivity contribution in [1.29, 1.82) is 0 Å². The summed E-state index contributed by atoms with van der Waals surface area (Å²) in [6, 6.07) is 1.29. The molecule has 0 aliphatic carbocycles. The van der Waals surface area contributed by atoms with Gasteiger partial charge in [0.05, 0.1) is 16.7 Å². The van der Waals surface area contributed by atoms with E-state index in [1.54, 1.807) is 0 Å². The quantitative estimate of drug-likeness (QED) is 0.789. The molecule has 2 heterocycles. The van der Waals surface area contributed by atoms with Crippen LogP contribution in [0.4, 0.5) is 13.2 Å². The summed E-state index contributed by atoms with van der Waals surface area (Å²) in [6.45, 7) is 0. The normalized spacial score (nSPS) is 11.8. The Morgan fingerprint density at radius 1 is 1.47 bits per heavy atom. The first-order chi connectivity index (χ1) is 7.89. The Bertz CT molecular complexity index is 561. The van der Waals surface area contributed by atoms with Gasteiger partial charge in [-0.2, -0.15) is 13.2 Å². The van der Waals surface area contributed by atoms with Crippen molar-refractivity contribution in [2.45, 2.75) is 6.18 Å². The Hall–Kier alpha value is -1.34. The number of alkyl halides is 3. The first-order valence-electron chi connectivity index (χ1n) is 4.20. The molecule has 0 aliphatic rings. The van der Waals surface area contributed by atoms with Crippen LogP contribution in [0.15, 0.2) is 22.9 Å². The average Bonchev–Trinajstić information content (AvgIpc) is 2.83. The highest BCUT2D eigenvalue weighted by Crippen LogP contribution is 2.33. The number of carbonyl (C=O) groups is 1. The number of hydrogen-bond donors (Lipinski definition) is 0. The first kappa shape index (κ1) is 12.1. The van der Waals surface area contributed by atoms with E-state index in [1.807, 2.05) is 0 Å². The number of ketones is 1. The molecule has 0 saturated carbocycles. The van der Waals surface area contributed by atoms with Gasteiger partial charge >= 0.3 is 6.18 Å². The molecule has 0 aromatic carbocycles. The van der Waals surface area contributed by atoms with Crippen molar-refractivity contribution < 1.29 is 22.4 Å². The van der Waals surface area contributed by atoms with Crippen LogP contribution >= 0.6 is 22.9 Å². The SMILES string of the molecule is O=C(c1cnc(C(F)(F)F)s1)c1ccoc1Cl. The second kappa shape index (κ2) is 4.15. The Morgan fingerprint density at radius 2 is 2.18 bits per heavy atom. The topological polar surface area (TPSA) is 43.1 Å². The lowest BCUT2D eigenvalue weighted by Gasteiger charge is -1.98. The molecule has 0 atom stereocenters. The summed E-state index contributed by atoms with van der Waals surface area (Å²) in [5, 5.41) is -1.22. The Labute approximate surface area is 102 Å². The molecule has 0 spiro atoms. The number of aromatic nitrogens is 1. The second-order valence-corrected chi connectivity index (χ2v) is 4.34. The summed E-state index contributed by atoms with van der Waals surface area (Å²) in [5.41, 5.74) is 0.0176. The lowest BCUT2D eigenvalue weighted by Crippen LogP contribution is -2.03. The van der Waals surface area contributed by atoms with Crippen LogP contribution in [0.2, 0.25) is 5.22 Å². The standard InChI is InChI=1S/C9H3ClF3NO2S/c10-7-4(1-2-16-7)6(15)5-3-14-8(17-5)9(11,12)13/h1-3H. The van der Waals surface area contributed by atoms with Gasteiger partial charge in [-0.05, 0) is 17.7 Å². The second-order valence-electron chi connectivity index (χ2n) is 2.96. The molecule has 0 fully saturated rings. The fourth-order valence-corrected chi connectivity index (χ4v) is 2.04. The molecule has 0 amide bonds. The molecule has 0 unspecified atom stereocenters. The third-order valence-corrected chi connectivity index (χ3v) is 3.17. The first-order valence-corrected chi connectivity index (χ1v) is 5.40. The van der Waals surface area contributed by atoms with Crippen LogP contribution in [-0.4, -0.2) is 10.8 Å². The van der Waals surface area contributed by atoms with E-state index in [4.69, 9.17) is 11.6 Å². The molecular weight excluding hydrogens is 279 g/mol. The molecule has 90 valence electrons. The molecule has 0 radical (unpaired) electrons. The highest BCUT2D eigenvalue weighted by atomic mass is 35.5. The summed E-state index contributed by atoms with van der Waals surface area (Å²) in [5.74, 6) is -0.642. The van der Waals surface area contributed by atoms with Gasteiger partial charge in [0, 0.05) is 6.20 Å². The van der Waals surface area contributed by atoms with Gasteiger partial charge in [-0.3, -0.25) is 4.79 Å². The van der Waals surface area contributed by atoms with E-state index in [1.165, 1.54) is 12.3 Å². The van der Waals surface area contributed by atoms with Gasteiger partial charge in [-0.1, -0.05) is 0 Å². The van der Waals surface area contributed by atoms with Crippen LogP contribution in [0, 0.1) is 0 Å². The molecule has 17 heavy (non-hydrogen) atoms. The van der Waals surface area contributed by atoms with Crippen molar-refractivity contribution in [2.24, 2.45) is 0 Å². The van der Waals surface area contributed by atoms with Crippen LogP contribution in [0.25, 0.3) is 0 Å². The van der Waals surface area contributed by atoms with Gasteiger partial charge in [0.25, 0.3) is 0 Å². The van der Waals surface area contributed by atoms with Gasteiger partial charge in [-0.15, -0.1) is 11.3 Å². The molecule has 0 saturated heterocycles. The van der Waals surface area contributed by atoms with Gasteiger partial charge in [-0.25, -0.2) is 4.98 Å². The Morgan fingerprint density at radius 3 is 2.65 bits per heavy atom. The fourth-order valence-electron chi connectivity index (χ4n) is 1.10. The lowest BCUT2D eigenvalue weighted by molar-refractivity contribution is -0.137. The van der Waals surface area contributed by atoms with E-state index in [-0.39, 0.29) is 27.0 Å². The van der Waals surface area contributed by atoms with Crippen LogP contribution < -0.4 is 0 Å². The highest BCUT2D eigenvalue weighted by Gasteiger charge is 2.35. The molecular formula is C9H3ClF3NO2S. The number of carbonyl (C=O) groups excluding carboxylic acids is 1. The summed E-state index contributed by atoms with van der Waals surface area (Å²) in [4.78, 5) is 14.7. The number of rotatable bonds is 2. The molecule has 0 bridgehead atoms. The summed E-state index contributed by atoms with van der Waals surface area (Å²) < 4.78 is 41.5. The summed E-state index contributed by atoms with van der Waals surface area (Å²) >= 11 is 5.82. The zero-order valence-electron chi connectivity index (χ0n) is 7.92. The minimum atomic E-state index is -4.55. The third kappa shape index (κ3) is 2.34. The molecule has 2 aromatic heterocycles. The van der Waals surface area contributed by atoms with Gasteiger partial charge in [0.2, 0.25) is 11.0 Å². The maximum Gasteiger partial charge on any atom is 0.443 e. The Kier molecular flexibility index (Phi) is 2.96. The number of nitrogens with zero attached hydrogens (tertiary/aromatic N) is 1. The van der Waals surface area contributed by atoms with Crippen molar-refractivity contribution in [2.75, 3.05) is 0 Å². The van der Waals surface area contributed by atoms with Crippen LogP contribution in [0.5, 0.6) is 0 Å². The molecule has 8 heteroatoms. The van der Waals surface area contributed by atoms with Gasteiger partial charge in [0.1, 0.15) is 0 Å². The minimum Gasteiger partial charge on any atom is -0.452 e. The fraction of sp³-hybridized carbons (Fsp3) is 0.111. The maximum absolute atomic E-state index is 12.3. The van der Waals surface area contributed by atoms with E-state index in [9.17, 15) is 18.0 Å². The van der Waals surface area contributed by atoms with Crippen molar-refractivity contribution >= 4 is 28.7 Å². The highest BCUT2D eigenvalue weighted by molar-refractivity contribution is 7.14. The lowest BCUT2D eigenvalue weighted by atomic mass is 10.2. The molecule has 0 N–H and O–H groups in total. The third-order valence-electron chi connectivity index (χ3n) is 1.83. The number of hydrogen-bond acceptors (Lipinski definition) is 4. The van der Waals surface area contributed by atoms with Crippen molar-refractivity contribution in [3.63, 3.8) is 0 Å². The van der Waals surface area contributed by atoms with Crippen molar-refractivity contribution in [3.05, 3.63) is 39.2 Å². The maximum atomic E-state index is 12.3. The molecule has 2 aromatic rings. The minimum absolute atomic E-state index is 0.0176. The van der Waals surface area contributed by atoms with E-state index in [0.29, 0.717) is 0 Å². The van der Waals surface area contributed by atoms with E-state index >= 15 is 0 Å². The van der Waals surface area contributed by atoms with Gasteiger partial charge < -0.3 is 4.42 Å². The summed E-state index contributed by atoms with van der Waals surface area (Å²) in [7, 11) is 0. The van der Waals surface area contributed by atoms with Crippen LogP contribution in [0.3, 0.4) is 0 Å². The average molecular weight is 282 g/mol. The van der Waals surface area contributed by atoms with E-state index in [0.717, 1.165) is 6.20 Å². The Balaban J connectivity index is 2.33. The number of furan rings is 1. The number of thiazole rings is 1. The number of halogens is 4. The monoisotopic (exact) mass is 281 g/mol. The predicted molar refractivity (Wildman–Crippen MR) is 54.3 cm³/mol. The van der Waals surface area contributed by atoms with Crippen molar-refractivity contribution in [1.82, 2.24) is 4.98 Å². The van der Waals surface area contributed by atoms with E-state index in [2.05, 4.69) is 9.40 Å². The molecule has 0 aliphatic heterocycles. The predicted octanol–water partition coefficient (Wildman–Crippen LogP) is 3.64. The van der Waals surface area contributed by atoms with Crippen molar-refractivity contribution in [3.8, 4) is 0 Å². The van der Waals surface area contributed by atoms with Crippen LogP contribution in [0.1, 0.15) is 20.2 Å². The zero-order chi connectivity index (χ0) is 12.6. The van der Waals surface area contributed by atoms with E-state index < -0.39 is 17.0 Å². The van der Waals surface area contributed by atoms with Crippen LogP contribution in [-0.2, 0) is 6.18 Å². The molecule has 3 nitrogen and oxygen atoms in total.